The number of likely N-dealkylation sites (tertiary alicyclic amines) is 1. The molecule has 1 saturated heterocycles. The Morgan fingerprint density at radius 3 is 2.77 bits per heavy atom. The first-order valence-corrected chi connectivity index (χ1v) is 9.41. The van der Waals surface area contributed by atoms with Gasteiger partial charge in [-0.3, -0.25) is 9.79 Å². The Morgan fingerprint density at radius 2 is 2.08 bits per heavy atom. The predicted octanol–water partition coefficient (Wildman–Crippen LogP) is 1.42. The van der Waals surface area contributed by atoms with Gasteiger partial charge in [0.15, 0.2) is 5.96 Å². The molecule has 0 aromatic carbocycles. The third-order valence-corrected chi connectivity index (χ3v) is 4.22. The van der Waals surface area contributed by atoms with Gasteiger partial charge in [-0.25, -0.2) is 0 Å². The van der Waals surface area contributed by atoms with Crippen LogP contribution in [0.4, 0.5) is 0 Å². The second-order valence-electron chi connectivity index (χ2n) is 6.22. The van der Waals surface area contributed by atoms with E-state index >= 15 is 0 Å². The number of nitrogens with zero attached hydrogens (tertiary/aromatic N) is 5. The number of amides is 1. The molecule has 2 heterocycles. The van der Waals surface area contributed by atoms with Crippen LogP contribution in [0.1, 0.15) is 45.4 Å². The normalized spacial score (nSPS) is 14.5. The van der Waals surface area contributed by atoms with E-state index in [4.69, 9.17) is 0 Å². The van der Waals surface area contributed by atoms with Gasteiger partial charge in [0.05, 0.1) is 0 Å². The van der Waals surface area contributed by atoms with Crippen molar-refractivity contribution in [2.75, 3.05) is 32.7 Å². The molecule has 0 radical (unpaired) electrons. The van der Waals surface area contributed by atoms with Crippen LogP contribution in [0.5, 0.6) is 0 Å². The highest BCUT2D eigenvalue weighted by Gasteiger charge is 2.18. The molecular formula is C17H32IN7O. The zero-order valence-electron chi connectivity index (χ0n) is 15.9. The fourth-order valence-electron chi connectivity index (χ4n) is 2.85. The summed E-state index contributed by atoms with van der Waals surface area (Å²) in [5, 5.41) is 14.8. The van der Waals surface area contributed by atoms with Gasteiger partial charge < -0.3 is 20.1 Å². The number of halogens is 1. The lowest BCUT2D eigenvalue weighted by atomic mass is 10.4. The average molecular weight is 477 g/mol. The molecule has 2 rings (SSSR count). The summed E-state index contributed by atoms with van der Waals surface area (Å²) in [7, 11) is 0. The molecule has 1 aromatic heterocycles. The van der Waals surface area contributed by atoms with Gasteiger partial charge in [-0.15, -0.1) is 34.2 Å². The van der Waals surface area contributed by atoms with Crippen molar-refractivity contribution in [2.45, 2.75) is 52.5 Å². The second kappa shape index (κ2) is 12.9. The van der Waals surface area contributed by atoms with E-state index in [1.54, 1.807) is 6.33 Å². The van der Waals surface area contributed by atoms with Gasteiger partial charge >= 0.3 is 0 Å². The molecule has 0 atom stereocenters. The molecule has 1 amide bonds. The van der Waals surface area contributed by atoms with Crippen LogP contribution in [0, 0.1) is 0 Å². The Kier molecular flexibility index (Phi) is 11.2. The molecule has 8 nitrogen and oxygen atoms in total. The van der Waals surface area contributed by atoms with Crippen molar-refractivity contribution in [3.05, 3.63) is 12.2 Å². The van der Waals surface area contributed by atoms with E-state index in [1.807, 2.05) is 4.90 Å². The van der Waals surface area contributed by atoms with Crippen LogP contribution in [0.15, 0.2) is 11.3 Å². The zero-order chi connectivity index (χ0) is 17.9. The largest absolute Gasteiger partial charge is 0.356 e. The number of nitrogens with one attached hydrogen (secondary N) is 2. The number of carbonyl (C=O) groups excluding carboxylic acids is 1. The lowest BCUT2D eigenvalue weighted by Crippen LogP contribution is -2.40. The first kappa shape index (κ1) is 22.7. The first-order valence-electron chi connectivity index (χ1n) is 9.41. The van der Waals surface area contributed by atoms with Crippen molar-refractivity contribution < 1.29 is 4.79 Å². The van der Waals surface area contributed by atoms with E-state index < -0.39 is 0 Å². The van der Waals surface area contributed by atoms with Crippen LogP contribution in [0.3, 0.4) is 0 Å². The highest BCUT2D eigenvalue weighted by Crippen LogP contribution is 2.09. The molecule has 0 bridgehead atoms. The molecule has 1 fully saturated rings. The van der Waals surface area contributed by atoms with E-state index in [1.165, 1.54) is 0 Å². The Morgan fingerprint density at radius 1 is 1.27 bits per heavy atom. The lowest BCUT2D eigenvalue weighted by Gasteiger charge is -2.17. The van der Waals surface area contributed by atoms with Gasteiger partial charge in [-0.05, 0) is 19.3 Å². The lowest BCUT2D eigenvalue weighted by molar-refractivity contribution is -0.127. The van der Waals surface area contributed by atoms with E-state index in [9.17, 15) is 4.79 Å². The summed E-state index contributed by atoms with van der Waals surface area (Å²) in [6, 6.07) is 0. The molecule has 9 heteroatoms. The van der Waals surface area contributed by atoms with Gasteiger partial charge in [0.1, 0.15) is 12.2 Å². The second-order valence-corrected chi connectivity index (χ2v) is 6.22. The molecule has 0 spiro atoms. The smallest absolute Gasteiger partial charge is 0.222 e. The van der Waals surface area contributed by atoms with Gasteiger partial charge in [0.25, 0.3) is 0 Å². The number of aryl methyl sites for hydroxylation is 1. The van der Waals surface area contributed by atoms with Gasteiger partial charge in [0.2, 0.25) is 5.91 Å². The van der Waals surface area contributed by atoms with Crippen LogP contribution >= 0.6 is 24.0 Å². The van der Waals surface area contributed by atoms with Crippen molar-refractivity contribution >= 4 is 35.8 Å². The quantitative estimate of drug-likeness (QED) is 0.230. The summed E-state index contributed by atoms with van der Waals surface area (Å²) in [5.74, 6) is 2.12. The van der Waals surface area contributed by atoms with Gasteiger partial charge in [-0.1, -0.05) is 13.8 Å². The fourth-order valence-corrected chi connectivity index (χ4v) is 2.85. The molecular weight excluding hydrogens is 445 g/mol. The van der Waals surface area contributed by atoms with Gasteiger partial charge in [-0.2, -0.15) is 0 Å². The Labute approximate surface area is 173 Å². The fraction of sp³-hybridized carbons (Fsp3) is 0.765. The summed E-state index contributed by atoms with van der Waals surface area (Å²) >= 11 is 0. The minimum atomic E-state index is 0. The van der Waals surface area contributed by atoms with Crippen LogP contribution < -0.4 is 10.6 Å². The maximum Gasteiger partial charge on any atom is 0.222 e. The Balaban J connectivity index is 0.00000338. The van der Waals surface area contributed by atoms with Crippen molar-refractivity contribution in [2.24, 2.45) is 4.99 Å². The molecule has 0 aliphatic carbocycles. The van der Waals surface area contributed by atoms with Crippen LogP contribution in [0.2, 0.25) is 0 Å². The number of hydrogen-bond donors (Lipinski definition) is 2. The molecule has 2 N–H and O–H groups in total. The van der Waals surface area contributed by atoms with E-state index in [0.717, 1.165) is 76.7 Å². The van der Waals surface area contributed by atoms with Crippen molar-refractivity contribution in [1.29, 1.82) is 0 Å². The number of carbonyl (C=O) groups is 1. The summed E-state index contributed by atoms with van der Waals surface area (Å²) in [5.41, 5.74) is 0. The molecule has 0 saturated carbocycles. The third-order valence-electron chi connectivity index (χ3n) is 4.22. The van der Waals surface area contributed by atoms with Gasteiger partial charge in [0, 0.05) is 52.1 Å². The van der Waals surface area contributed by atoms with E-state index in [2.05, 4.69) is 44.2 Å². The van der Waals surface area contributed by atoms with Crippen LogP contribution in [0.25, 0.3) is 0 Å². The number of aromatic nitrogens is 3. The molecule has 148 valence electrons. The number of hydrogen-bond acceptors (Lipinski definition) is 4. The number of rotatable bonds is 10. The maximum atomic E-state index is 11.6. The van der Waals surface area contributed by atoms with E-state index in [0.29, 0.717) is 12.3 Å². The summed E-state index contributed by atoms with van der Waals surface area (Å²) in [4.78, 5) is 18.1. The van der Waals surface area contributed by atoms with Crippen LogP contribution in [-0.2, 0) is 17.8 Å². The van der Waals surface area contributed by atoms with Crippen LogP contribution in [-0.4, -0.2) is 64.3 Å². The molecule has 26 heavy (non-hydrogen) atoms. The Bertz CT molecular complexity index is 561. The predicted molar refractivity (Wildman–Crippen MR) is 114 cm³/mol. The van der Waals surface area contributed by atoms with Crippen molar-refractivity contribution in [3.63, 3.8) is 0 Å². The Hall–Kier alpha value is -1.39. The van der Waals surface area contributed by atoms with Crippen molar-refractivity contribution in [3.8, 4) is 0 Å². The SMILES string of the molecule is CCCN=C(NCCCN1CCCC1=O)NCCn1cnnc1CC.I. The molecule has 1 aliphatic rings. The summed E-state index contributed by atoms with van der Waals surface area (Å²) < 4.78 is 2.06. The monoisotopic (exact) mass is 477 g/mol. The highest BCUT2D eigenvalue weighted by atomic mass is 127. The molecule has 1 aliphatic heterocycles. The third kappa shape index (κ3) is 7.46. The highest BCUT2D eigenvalue weighted by molar-refractivity contribution is 14.0. The number of guanidine groups is 1. The van der Waals surface area contributed by atoms with Crippen molar-refractivity contribution in [1.82, 2.24) is 30.3 Å². The topological polar surface area (TPSA) is 87.4 Å². The maximum absolute atomic E-state index is 11.6. The minimum absolute atomic E-state index is 0. The minimum Gasteiger partial charge on any atom is -0.356 e. The number of aliphatic imine (C=N–C) groups is 1. The molecule has 0 unspecified atom stereocenters. The zero-order valence-corrected chi connectivity index (χ0v) is 18.2. The summed E-state index contributed by atoms with van der Waals surface area (Å²) in [6.07, 6.45) is 6.31. The first-order chi connectivity index (χ1) is 12.2. The summed E-state index contributed by atoms with van der Waals surface area (Å²) in [6.45, 7) is 9.12. The standard InChI is InChI=1S/C17H31N7O.HI/c1-3-8-18-17(19-9-6-12-23-11-5-7-16(23)25)20-10-13-24-14-21-22-15(24)4-2;/h14H,3-13H2,1-2H3,(H2,18,19,20);1H. The molecule has 1 aromatic rings. The average Bonchev–Trinajstić information content (AvgIpc) is 3.24. The van der Waals surface area contributed by atoms with E-state index in [-0.39, 0.29) is 24.0 Å².